The van der Waals surface area contributed by atoms with Gasteiger partial charge in [-0.25, -0.2) is 5.26 Å². The van der Waals surface area contributed by atoms with Gasteiger partial charge in [0.25, 0.3) is 10.1 Å². The molecule has 4 aromatic rings. The van der Waals surface area contributed by atoms with Crippen molar-refractivity contribution >= 4 is 33.7 Å². The molecule has 0 aliphatic carbocycles. The number of benzene rings is 4. The standard InChI is InChI=1S/C28H22O10S2/c1-17-3-4-20(15-25(17)39-38-37-31)28(30)21-9-14-24(26(16-21)40(32,33)34)36-23-12-7-19(8-13-23)27(29)18-5-10-22(35-2)11-6-18/h3-16,31H,1-2H3,(H,32,33,34). The maximum absolute atomic E-state index is 13.1. The van der Waals surface area contributed by atoms with Gasteiger partial charge in [0.15, 0.2) is 11.6 Å². The molecule has 206 valence electrons. The van der Waals surface area contributed by atoms with Gasteiger partial charge in [0.2, 0.25) is 0 Å². The van der Waals surface area contributed by atoms with Crippen LogP contribution in [0, 0.1) is 6.92 Å². The van der Waals surface area contributed by atoms with Crippen LogP contribution in [0.25, 0.3) is 0 Å². The van der Waals surface area contributed by atoms with Crippen molar-refractivity contribution in [3.63, 3.8) is 0 Å². The summed E-state index contributed by atoms with van der Waals surface area (Å²) in [6.07, 6.45) is 0. The van der Waals surface area contributed by atoms with Crippen LogP contribution in [0.15, 0.2) is 94.7 Å². The third kappa shape index (κ3) is 6.74. The molecule has 0 saturated carbocycles. The van der Waals surface area contributed by atoms with E-state index in [2.05, 4.69) is 9.37 Å². The molecule has 0 amide bonds. The summed E-state index contributed by atoms with van der Waals surface area (Å²) in [6.45, 7) is 1.75. The summed E-state index contributed by atoms with van der Waals surface area (Å²) in [5.41, 5.74) is 1.73. The number of hydrogen-bond donors (Lipinski definition) is 2. The van der Waals surface area contributed by atoms with Crippen LogP contribution in [0.2, 0.25) is 0 Å². The van der Waals surface area contributed by atoms with Crippen LogP contribution in [-0.2, 0) is 19.5 Å². The Hall–Kier alpha value is -4.04. The van der Waals surface area contributed by atoms with Crippen molar-refractivity contribution in [3.8, 4) is 17.2 Å². The van der Waals surface area contributed by atoms with E-state index in [9.17, 15) is 22.6 Å². The number of hydrogen-bond acceptors (Lipinski definition) is 10. The Bertz CT molecular complexity index is 1650. The molecular formula is C28H22O10S2. The largest absolute Gasteiger partial charge is 0.497 e. The molecule has 4 aromatic carbocycles. The lowest BCUT2D eigenvalue weighted by atomic mass is 10.0. The SMILES string of the molecule is COc1ccc(C(=O)c2ccc(Oc3ccc(C(=O)c4ccc(C)c(SOOO)c4)cc3S(=O)(=O)O)cc2)cc1. The van der Waals surface area contributed by atoms with Gasteiger partial charge in [0, 0.05) is 27.1 Å². The molecule has 4 rings (SSSR count). The average Bonchev–Trinajstić information content (AvgIpc) is 2.96. The number of aryl methyl sites for hydroxylation is 1. The number of ether oxygens (including phenoxy) is 2. The van der Waals surface area contributed by atoms with Gasteiger partial charge in [0.1, 0.15) is 22.1 Å². The highest BCUT2D eigenvalue weighted by atomic mass is 32.2. The second kappa shape index (κ2) is 12.4. The van der Waals surface area contributed by atoms with Crippen molar-refractivity contribution in [1.82, 2.24) is 0 Å². The fraction of sp³-hybridized carbons (Fsp3) is 0.0714. The first-order chi connectivity index (χ1) is 19.1. The molecule has 0 fully saturated rings. The molecule has 0 unspecified atom stereocenters. The van der Waals surface area contributed by atoms with Gasteiger partial charge in [-0.05, 0) is 85.3 Å². The molecule has 0 heterocycles. The van der Waals surface area contributed by atoms with E-state index < -0.39 is 20.8 Å². The second-order valence-corrected chi connectivity index (χ2v) is 10.5. The first-order valence-corrected chi connectivity index (χ1v) is 13.7. The summed E-state index contributed by atoms with van der Waals surface area (Å²) >= 11 is 0.681. The van der Waals surface area contributed by atoms with Crippen molar-refractivity contribution in [2.75, 3.05) is 7.11 Å². The zero-order valence-corrected chi connectivity index (χ0v) is 22.7. The Kier molecular flexibility index (Phi) is 9.00. The number of ketones is 2. The number of rotatable bonds is 11. The normalized spacial score (nSPS) is 11.2. The van der Waals surface area contributed by atoms with E-state index >= 15 is 0 Å². The van der Waals surface area contributed by atoms with Crippen LogP contribution in [-0.4, -0.2) is 36.9 Å². The van der Waals surface area contributed by atoms with Crippen molar-refractivity contribution < 1.29 is 46.7 Å². The van der Waals surface area contributed by atoms with Gasteiger partial charge in [-0.1, -0.05) is 17.2 Å². The predicted molar refractivity (Wildman–Crippen MR) is 144 cm³/mol. The first-order valence-electron chi connectivity index (χ1n) is 11.5. The third-order valence-corrected chi connectivity index (χ3v) is 7.41. The molecule has 0 atom stereocenters. The topological polar surface area (TPSA) is 146 Å². The summed E-state index contributed by atoms with van der Waals surface area (Å²) in [5.74, 6) is -0.176. The molecule has 0 aromatic heterocycles. The van der Waals surface area contributed by atoms with E-state index in [1.807, 2.05) is 0 Å². The lowest BCUT2D eigenvalue weighted by Gasteiger charge is -2.12. The highest BCUT2D eigenvalue weighted by Gasteiger charge is 2.22. The molecule has 0 aliphatic heterocycles. The molecule has 0 spiro atoms. The fourth-order valence-corrected chi connectivity index (χ4v) is 4.81. The van der Waals surface area contributed by atoms with E-state index in [4.69, 9.17) is 14.7 Å². The molecule has 10 nitrogen and oxygen atoms in total. The van der Waals surface area contributed by atoms with Crippen molar-refractivity contribution in [2.45, 2.75) is 16.7 Å². The van der Waals surface area contributed by atoms with Crippen molar-refractivity contribution in [3.05, 3.63) is 113 Å². The van der Waals surface area contributed by atoms with Gasteiger partial charge in [-0.2, -0.15) is 8.42 Å². The summed E-state index contributed by atoms with van der Waals surface area (Å²) in [7, 11) is -3.26. The Labute approximate surface area is 233 Å². The zero-order valence-electron chi connectivity index (χ0n) is 21.1. The van der Waals surface area contributed by atoms with Crippen LogP contribution in [0.1, 0.15) is 37.4 Å². The Morgan fingerprint density at radius 2 is 1.27 bits per heavy atom. The Morgan fingerprint density at radius 1 is 0.750 bits per heavy atom. The minimum atomic E-state index is -4.79. The highest BCUT2D eigenvalue weighted by molar-refractivity contribution is 7.94. The lowest BCUT2D eigenvalue weighted by molar-refractivity contribution is -0.432. The number of methoxy groups -OCH3 is 1. The summed E-state index contributed by atoms with van der Waals surface area (Å²) < 4.78 is 49.4. The fourth-order valence-electron chi connectivity index (χ4n) is 3.70. The molecule has 2 N–H and O–H groups in total. The minimum Gasteiger partial charge on any atom is -0.497 e. The number of carbonyl (C=O) groups excluding carboxylic acids is 2. The van der Waals surface area contributed by atoms with E-state index in [-0.39, 0.29) is 28.4 Å². The highest BCUT2D eigenvalue weighted by Crippen LogP contribution is 2.32. The molecule has 0 bridgehead atoms. The molecule has 0 radical (unpaired) electrons. The van der Waals surface area contributed by atoms with Gasteiger partial charge < -0.3 is 9.47 Å². The summed E-state index contributed by atoms with van der Waals surface area (Å²) in [4.78, 5) is 25.7. The van der Waals surface area contributed by atoms with E-state index in [0.717, 1.165) is 11.6 Å². The van der Waals surface area contributed by atoms with Crippen molar-refractivity contribution in [2.24, 2.45) is 0 Å². The smallest absolute Gasteiger partial charge is 0.298 e. The van der Waals surface area contributed by atoms with Gasteiger partial charge in [0.05, 0.1) is 19.2 Å². The van der Waals surface area contributed by atoms with Crippen LogP contribution >= 0.6 is 12.0 Å². The molecule has 40 heavy (non-hydrogen) atoms. The van der Waals surface area contributed by atoms with Crippen LogP contribution < -0.4 is 9.47 Å². The van der Waals surface area contributed by atoms with Gasteiger partial charge in [-0.15, -0.1) is 4.33 Å². The summed E-state index contributed by atoms with van der Waals surface area (Å²) in [6, 6.07) is 20.9. The minimum absolute atomic E-state index is 0.0282. The quantitative estimate of drug-likeness (QED) is 0.0713. The second-order valence-electron chi connectivity index (χ2n) is 8.36. The Morgan fingerprint density at radius 3 is 1.85 bits per heavy atom. The molecular weight excluding hydrogens is 560 g/mol. The van der Waals surface area contributed by atoms with Gasteiger partial charge >= 0.3 is 0 Å². The predicted octanol–water partition coefficient (Wildman–Crippen LogP) is 5.93. The van der Waals surface area contributed by atoms with E-state index in [1.165, 1.54) is 55.6 Å². The number of carbonyl (C=O) groups is 2. The molecule has 0 saturated heterocycles. The molecule has 12 heteroatoms. The summed E-state index contributed by atoms with van der Waals surface area (Å²) in [5, 5.41) is 12.0. The third-order valence-electron chi connectivity index (χ3n) is 5.78. The average molecular weight is 583 g/mol. The first kappa shape index (κ1) is 29.0. The lowest BCUT2D eigenvalue weighted by Crippen LogP contribution is -2.07. The zero-order chi connectivity index (χ0) is 28.9. The van der Waals surface area contributed by atoms with Crippen LogP contribution in [0.5, 0.6) is 17.2 Å². The Balaban J connectivity index is 1.58. The van der Waals surface area contributed by atoms with Crippen LogP contribution in [0.3, 0.4) is 0 Å². The monoisotopic (exact) mass is 582 g/mol. The van der Waals surface area contributed by atoms with Gasteiger partial charge in [-0.3, -0.25) is 14.1 Å². The van der Waals surface area contributed by atoms with Crippen LogP contribution in [0.4, 0.5) is 0 Å². The van der Waals surface area contributed by atoms with E-state index in [0.29, 0.717) is 33.8 Å². The maximum atomic E-state index is 13.1. The molecule has 0 aliphatic rings. The van der Waals surface area contributed by atoms with Crippen molar-refractivity contribution in [1.29, 1.82) is 0 Å². The van der Waals surface area contributed by atoms with E-state index in [1.54, 1.807) is 37.3 Å². The maximum Gasteiger partial charge on any atom is 0.298 e.